The van der Waals surface area contributed by atoms with Crippen molar-refractivity contribution in [1.29, 1.82) is 0 Å². The molecule has 2 heterocycles. The molecule has 0 aliphatic rings. The van der Waals surface area contributed by atoms with Crippen molar-refractivity contribution in [2.45, 2.75) is 13.1 Å². The molecular formula is C13H7BrClF4N3S. The molecule has 23 heavy (non-hydrogen) atoms. The lowest BCUT2D eigenvalue weighted by molar-refractivity contribution is -0.144. The van der Waals surface area contributed by atoms with Crippen LogP contribution in [0.5, 0.6) is 0 Å². The summed E-state index contributed by atoms with van der Waals surface area (Å²) in [7, 11) is 1.15. The lowest BCUT2D eigenvalue weighted by Gasteiger charge is -2.07. The predicted octanol–water partition coefficient (Wildman–Crippen LogP) is 5.58. The molecule has 0 amide bonds. The highest BCUT2D eigenvalue weighted by molar-refractivity contribution is 9.10. The van der Waals surface area contributed by atoms with Gasteiger partial charge >= 0.3 is 6.18 Å². The van der Waals surface area contributed by atoms with Crippen LogP contribution in [-0.2, 0) is 13.2 Å². The fourth-order valence-corrected chi connectivity index (χ4v) is 4.33. The van der Waals surface area contributed by atoms with E-state index in [0.717, 1.165) is 24.5 Å². The predicted molar refractivity (Wildman–Crippen MR) is 84.2 cm³/mol. The first-order valence-electron chi connectivity index (χ1n) is 6.16. The van der Waals surface area contributed by atoms with Crippen molar-refractivity contribution < 1.29 is 17.6 Å². The first-order chi connectivity index (χ1) is 10.6. The Bertz CT molecular complexity index is 932. The Morgan fingerprint density at radius 2 is 2.00 bits per heavy atom. The molecule has 3 rings (SSSR count). The average molecular weight is 429 g/mol. The number of benzene rings is 1. The van der Waals surface area contributed by atoms with Crippen molar-refractivity contribution in [3.8, 4) is 11.3 Å². The van der Waals surface area contributed by atoms with Crippen LogP contribution in [0.3, 0.4) is 0 Å². The van der Waals surface area contributed by atoms with Crippen LogP contribution in [0.15, 0.2) is 10.5 Å². The maximum absolute atomic E-state index is 14.4. The van der Waals surface area contributed by atoms with Crippen LogP contribution in [0.1, 0.15) is 10.7 Å². The molecule has 0 atom stereocenters. The van der Waals surface area contributed by atoms with Gasteiger partial charge in [-0.25, -0.2) is 9.37 Å². The van der Waals surface area contributed by atoms with Gasteiger partial charge in [-0.3, -0.25) is 4.68 Å². The van der Waals surface area contributed by atoms with Crippen molar-refractivity contribution in [1.82, 2.24) is 14.8 Å². The number of nitrogens with zero attached hydrogens (tertiary/aromatic N) is 3. The molecule has 0 bridgehead atoms. The molecule has 0 radical (unpaired) electrons. The van der Waals surface area contributed by atoms with Crippen LogP contribution < -0.4 is 0 Å². The molecule has 0 saturated carbocycles. The van der Waals surface area contributed by atoms with Crippen LogP contribution in [0.4, 0.5) is 17.6 Å². The Kier molecular flexibility index (Phi) is 3.93. The quantitative estimate of drug-likeness (QED) is 0.474. The van der Waals surface area contributed by atoms with Crippen molar-refractivity contribution in [3.05, 3.63) is 32.1 Å². The average Bonchev–Trinajstić information content (AvgIpc) is 2.90. The normalized spacial score (nSPS) is 12.3. The lowest BCUT2D eigenvalue weighted by Crippen LogP contribution is -2.12. The Balaban J connectivity index is 2.39. The van der Waals surface area contributed by atoms with Crippen LogP contribution >= 0.6 is 38.9 Å². The van der Waals surface area contributed by atoms with Gasteiger partial charge in [-0.05, 0) is 28.9 Å². The molecule has 122 valence electrons. The summed E-state index contributed by atoms with van der Waals surface area (Å²) in [6.45, 7) is 1.71. The van der Waals surface area contributed by atoms with Crippen LogP contribution in [0, 0.1) is 12.7 Å². The zero-order chi connectivity index (χ0) is 17.1. The molecule has 2 aromatic heterocycles. The minimum absolute atomic E-state index is 0.0482. The van der Waals surface area contributed by atoms with E-state index < -0.39 is 17.7 Å². The number of hydrogen-bond acceptors (Lipinski definition) is 3. The molecule has 10 heteroatoms. The highest BCUT2D eigenvalue weighted by Gasteiger charge is 2.39. The Labute approximate surface area is 145 Å². The van der Waals surface area contributed by atoms with Crippen molar-refractivity contribution in [2.24, 2.45) is 7.05 Å². The van der Waals surface area contributed by atoms with E-state index in [1.165, 1.54) is 0 Å². The summed E-state index contributed by atoms with van der Waals surface area (Å²) in [5.41, 5.74) is -0.830. The minimum atomic E-state index is -4.62. The van der Waals surface area contributed by atoms with Crippen molar-refractivity contribution in [3.63, 3.8) is 0 Å². The van der Waals surface area contributed by atoms with Crippen LogP contribution in [-0.4, -0.2) is 14.8 Å². The number of thiazole rings is 1. The fourth-order valence-electron chi connectivity index (χ4n) is 2.31. The number of rotatable bonds is 1. The van der Waals surface area contributed by atoms with Gasteiger partial charge in [0.1, 0.15) is 17.0 Å². The highest BCUT2D eigenvalue weighted by Crippen LogP contribution is 2.44. The largest absolute Gasteiger partial charge is 0.434 e. The third-order valence-corrected chi connectivity index (χ3v) is 5.20. The topological polar surface area (TPSA) is 30.7 Å². The van der Waals surface area contributed by atoms with E-state index in [-0.39, 0.29) is 20.8 Å². The first-order valence-corrected chi connectivity index (χ1v) is 8.15. The molecule has 3 aromatic rings. The standard InChI is InChI=1S/C13H7BrClF4N3S/c1-4-20-9-5(15)3-6(16)7(11(9)23-4)10-8(14)12(13(17,18)19)22(2)21-10/h3H,1-2H3. The van der Waals surface area contributed by atoms with E-state index in [9.17, 15) is 17.6 Å². The molecule has 3 nitrogen and oxygen atoms in total. The lowest BCUT2D eigenvalue weighted by atomic mass is 10.1. The fraction of sp³-hybridized carbons (Fsp3) is 0.231. The maximum atomic E-state index is 14.4. The van der Waals surface area contributed by atoms with E-state index >= 15 is 0 Å². The summed E-state index contributed by atoms with van der Waals surface area (Å²) in [4.78, 5) is 4.20. The van der Waals surface area contributed by atoms with Gasteiger partial charge in [0.2, 0.25) is 0 Å². The van der Waals surface area contributed by atoms with E-state index in [1.54, 1.807) is 6.92 Å². The van der Waals surface area contributed by atoms with Gasteiger partial charge in [-0.2, -0.15) is 18.3 Å². The number of hydrogen-bond donors (Lipinski definition) is 0. The van der Waals surface area contributed by atoms with Gasteiger partial charge in [-0.1, -0.05) is 11.6 Å². The van der Waals surface area contributed by atoms with E-state index in [1.807, 2.05) is 0 Å². The van der Waals surface area contributed by atoms with Crippen molar-refractivity contribution in [2.75, 3.05) is 0 Å². The van der Waals surface area contributed by atoms with Gasteiger partial charge < -0.3 is 0 Å². The molecule has 0 spiro atoms. The molecule has 0 saturated heterocycles. The Morgan fingerprint density at radius 3 is 2.57 bits per heavy atom. The first kappa shape index (κ1) is 16.7. The number of halogens is 6. The molecule has 0 aliphatic carbocycles. The number of fused-ring (bicyclic) bond motifs is 1. The third kappa shape index (κ3) is 2.64. The summed E-state index contributed by atoms with van der Waals surface area (Å²) in [6.07, 6.45) is -4.62. The smallest absolute Gasteiger partial charge is 0.262 e. The second kappa shape index (κ2) is 5.42. The summed E-state index contributed by atoms with van der Waals surface area (Å²) < 4.78 is 54.5. The third-order valence-electron chi connectivity index (χ3n) is 3.17. The van der Waals surface area contributed by atoms with E-state index in [0.29, 0.717) is 19.9 Å². The molecule has 0 N–H and O–H groups in total. The Hall–Kier alpha value is -1.19. The highest BCUT2D eigenvalue weighted by atomic mass is 79.9. The zero-order valence-corrected chi connectivity index (χ0v) is 14.8. The second-order valence-electron chi connectivity index (χ2n) is 4.76. The van der Waals surface area contributed by atoms with Gasteiger partial charge in [0.15, 0.2) is 5.69 Å². The second-order valence-corrected chi connectivity index (χ2v) is 7.16. The van der Waals surface area contributed by atoms with Crippen molar-refractivity contribution >= 4 is 49.1 Å². The van der Waals surface area contributed by atoms with Gasteiger partial charge in [0.05, 0.1) is 24.8 Å². The Morgan fingerprint density at radius 1 is 1.35 bits per heavy atom. The monoisotopic (exact) mass is 427 g/mol. The molecule has 0 unspecified atom stereocenters. The zero-order valence-electron chi connectivity index (χ0n) is 11.6. The summed E-state index contributed by atoms with van der Waals surface area (Å²) in [5, 5.41) is 4.57. The molecule has 0 fully saturated rings. The summed E-state index contributed by atoms with van der Waals surface area (Å²) in [5.74, 6) is -0.751. The SMILES string of the molecule is Cc1nc2c(Cl)cc(F)c(-c3nn(C)c(C(F)(F)F)c3Br)c2s1. The van der Waals surface area contributed by atoms with Gasteiger partial charge in [0, 0.05) is 7.05 Å². The molecular weight excluding hydrogens is 422 g/mol. The maximum Gasteiger partial charge on any atom is 0.434 e. The van der Waals surface area contributed by atoms with Gasteiger partial charge in [-0.15, -0.1) is 11.3 Å². The number of aryl methyl sites for hydroxylation is 2. The minimum Gasteiger partial charge on any atom is -0.262 e. The van der Waals surface area contributed by atoms with Crippen LogP contribution in [0.25, 0.3) is 21.5 Å². The molecule has 0 aliphatic heterocycles. The summed E-state index contributed by atoms with van der Waals surface area (Å²) in [6, 6.07) is 1.03. The van der Waals surface area contributed by atoms with E-state index in [4.69, 9.17) is 11.6 Å². The number of aromatic nitrogens is 3. The molecule has 1 aromatic carbocycles. The van der Waals surface area contributed by atoms with E-state index in [2.05, 4.69) is 26.0 Å². The van der Waals surface area contributed by atoms with Crippen LogP contribution in [0.2, 0.25) is 5.02 Å². The summed E-state index contributed by atoms with van der Waals surface area (Å²) >= 11 is 10.0. The number of alkyl halides is 3. The van der Waals surface area contributed by atoms with Gasteiger partial charge in [0.25, 0.3) is 0 Å².